The summed E-state index contributed by atoms with van der Waals surface area (Å²) in [6, 6.07) is 12.0. The first-order chi connectivity index (χ1) is 4.00. The van der Waals surface area contributed by atoms with Gasteiger partial charge >= 0.3 is 32.1 Å². The topological polar surface area (TPSA) is 0 Å². The first-order valence-electron chi connectivity index (χ1n) is 3.00. The van der Waals surface area contributed by atoms with Crippen molar-refractivity contribution in [3.8, 4) is 0 Å². The molecule has 8 heavy (non-hydrogen) atoms. The molecule has 0 heterocycles. The van der Waals surface area contributed by atoms with Crippen molar-refractivity contribution in [3.05, 3.63) is 36.4 Å². The smallest absolute Gasteiger partial charge is 0.0623 e. The Morgan fingerprint density at radius 1 is 0.625 bits per heavy atom. The maximum atomic E-state index is 2.14. The summed E-state index contributed by atoms with van der Waals surface area (Å²) in [4.78, 5) is 0. The first kappa shape index (κ1) is 8.22. The molecule has 0 radical (unpaired) electrons. The van der Waals surface area contributed by atoms with E-state index >= 15 is 0 Å². The van der Waals surface area contributed by atoms with Crippen molar-refractivity contribution in [2.45, 2.75) is 4.17 Å². The maximum absolute atomic E-state index is 2.14. The van der Waals surface area contributed by atoms with Gasteiger partial charge in [0.15, 0.2) is 0 Å². The fraction of sp³-hybridized carbons (Fsp3) is 0.143. The molecule has 0 aliphatic carbocycles. The monoisotopic (exact) mass is 116 g/mol. The van der Waals surface area contributed by atoms with E-state index in [1.165, 1.54) is 27.9 Å². The van der Waals surface area contributed by atoms with Gasteiger partial charge in [-0.15, -0.1) is 0 Å². The quantitative estimate of drug-likeness (QED) is 0.454. The van der Waals surface area contributed by atoms with Gasteiger partial charge in [-0.25, -0.2) is 0 Å². The minimum absolute atomic E-state index is 1.31. The Balaban J connectivity index is 0.000000222. The summed E-state index contributed by atoms with van der Waals surface area (Å²) in [5, 5.41) is 0. The molecule has 0 fully saturated rings. The molecule has 38 valence electrons. The molecule has 1 aromatic rings. The SMILES string of the molecule is [CH3][Na].c1ccccc1. The molecule has 0 N–H and O–H groups in total. The van der Waals surface area contributed by atoms with E-state index in [2.05, 4.69) is 4.17 Å². The van der Waals surface area contributed by atoms with Gasteiger partial charge in [-0.2, -0.15) is 0 Å². The van der Waals surface area contributed by atoms with E-state index in [4.69, 9.17) is 0 Å². The molecule has 1 heteroatoms. The molecule has 0 aliphatic rings. The third-order valence-corrected chi connectivity index (χ3v) is 0.667. The largest absolute Gasteiger partial charge is 0.0623 e. The third-order valence-electron chi connectivity index (χ3n) is 0.667. The minimum atomic E-state index is 1.31. The number of hydrogen-bond donors (Lipinski definition) is 0. The fourth-order valence-corrected chi connectivity index (χ4v) is 0.385. The molecule has 0 unspecified atom stereocenters. The Labute approximate surface area is 68.3 Å². The van der Waals surface area contributed by atoms with Gasteiger partial charge in [0.25, 0.3) is 0 Å². The van der Waals surface area contributed by atoms with Gasteiger partial charge in [0.2, 0.25) is 0 Å². The number of rotatable bonds is 0. The van der Waals surface area contributed by atoms with E-state index in [9.17, 15) is 0 Å². The Morgan fingerprint density at radius 3 is 0.875 bits per heavy atom. The second-order valence-electron chi connectivity index (χ2n) is 1.15. The molecule has 0 spiro atoms. The summed E-state index contributed by atoms with van der Waals surface area (Å²) in [6.07, 6.45) is 0. The zero-order valence-electron chi connectivity index (χ0n) is 5.46. The van der Waals surface area contributed by atoms with Crippen LogP contribution >= 0.6 is 0 Å². The first-order valence-corrected chi connectivity index (χ1v) is 5.00. The summed E-state index contributed by atoms with van der Waals surface area (Å²) in [5.74, 6) is 0. The van der Waals surface area contributed by atoms with Crippen LogP contribution in [-0.4, -0.2) is 27.9 Å². The van der Waals surface area contributed by atoms with Crippen LogP contribution in [0.2, 0.25) is 4.17 Å². The summed E-state index contributed by atoms with van der Waals surface area (Å²) in [5.41, 5.74) is 0. The number of hydrogen-bond acceptors (Lipinski definition) is 0. The van der Waals surface area contributed by atoms with Gasteiger partial charge in [-0.05, 0) is 0 Å². The van der Waals surface area contributed by atoms with Gasteiger partial charge in [0.1, 0.15) is 0 Å². The average molecular weight is 116 g/mol. The molecule has 0 saturated heterocycles. The van der Waals surface area contributed by atoms with Crippen LogP contribution < -0.4 is 0 Å². The van der Waals surface area contributed by atoms with Gasteiger partial charge in [-0.3, -0.25) is 0 Å². The minimum Gasteiger partial charge on any atom is -0.0623 e. The molecule has 0 aliphatic heterocycles. The van der Waals surface area contributed by atoms with Gasteiger partial charge < -0.3 is 0 Å². The van der Waals surface area contributed by atoms with E-state index in [1.807, 2.05) is 36.4 Å². The summed E-state index contributed by atoms with van der Waals surface area (Å²) in [6.45, 7) is 0. The molecule has 0 amide bonds. The van der Waals surface area contributed by atoms with E-state index in [0.29, 0.717) is 0 Å². The molecular formula is C7H9Na. The van der Waals surface area contributed by atoms with Crippen molar-refractivity contribution in [2.24, 2.45) is 0 Å². The standard InChI is InChI=1S/C6H6.CH3.Na/c1-2-4-6-5-3-1;;/h1-6H;1H3;. The average Bonchev–Trinajstić information content (AvgIpc) is 1.96. The summed E-state index contributed by atoms with van der Waals surface area (Å²) >= 11 is 1.31. The van der Waals surface area contributed by atoms with Crippen LogP contribution in [0, 0.1) is 0 Å². The van der Waals surface area contributed by atoms with Gasteiger partial charge in [-0.1, -0.05) is 36.4 Å². The predicted molar refractivity (Wildman–Crippen MR) is 38.1 cm³/mol. The van der Waals surface area contributed by atoms with Crippen molar-refractivity contribution in [3.63, 3.8) is 0 Å². The predicted octanol–water partition coefficient (Wildman–Crippen LogP) is 1.89. The second kappa shape index (κ2) is 7.22. The Morgan fingerprint density at radius 2 is 0.750 bits per heavy atom. The van der Waals surface area contributed by atoms with Crippen LogP contribution in [0.5, 0.6) is 0 Å². The molecule has 1 aromatic carbocycles. The molecule has 1 rings (SSSR count). The molecule has 0 nitrogen and oxygen atoms in total. The zero-order chi connectivity index (χ0) is 6.24. The van der Waals surface area contributed by atoms with Crippen molar-refractivity contribution >= 4 is 27.9 Å². The fourth-order valence-electron chi connectivity index (χ4n) is 0.385. The molecule has 0 atom stereocenters. The van der Waals surface area contributed by atoms with E-state index in [-0.39, 0.29) is 0 Å². The van der Waals surface area contributed by atoms with Gasteiger partial charge in [0, 0.05) is 0 Å². The van der Waals surface area contributed by atoms with E-state index < -0.39 is 0 Å². The second-order valence-corrected chi connectivity index (χ2v) is 1.15. The van der Waals surface area contributed by atoms with Crippen molar-refractivity contribution in [2.75, 3.05) is 0 Å². The third kappa shape index (κ3) is 4.38. The van der Waals surface area contributed by atoms with Crippen LogP contribution in [0.15, 0.2) is 36.4 Å². The summed E-state index contributed by atoms with van der Waals surface area (Å²) in [7, 11) is 0. The Bertz CT molecular complexity index is 76.3. The van der Waals surface area contributed by atoms with E-state index in [1.54, 1.807) is 0 Å². The Kier molecular flexibility index (Phi) is 7.42. The number of benzene rings is 1. The van der Waals surface area contributed by atoms with Crippen LogP contribution in [0.1, 0.15) is 0 Å². The van der Waals surface area contributed by atoms with E-state index in [0.717, 1.165) is 0 Å². The van der Waals surface area contributed by atoms with Crippen LogP contribution in [0.4, 0.5) is 0 Å². The van der Waals surface area contributed by atoms with Crippen molar-refractivity contribution < 1.29 is 0 Å². The van der Waals surface area contributed by atoms with Gasteiger partial charge in [0.05, 0.1) is 0 Å². The van der Waals surface area contributed by atoms with Crippen LogP contribution in [-0.2, 0) is 0 Å². The molecule has 0 aromatic heterocycles. The maximum Gasteiger partial charge on any atom is -0.0623 e. The zero-order valence-corrected chi connectivity index (χ0v) is 7.46. The van der Waals surface area contributed by atoms with Crippen molar-refractivity contribution in [1.82, 2.24) is 0 Å². The molecule has 0 bridgehead atoms. The molecule has 0 saturated carbocycles. The molecular weight excluding hydrogens is 107 g/mol. The van der Waals surface area contributed by atoms with Crippen molar-refractivity contribution in [1.29, 1.82) is 0 Å². The van der Waals surface area contributed by atoms with Crippen LogP contribution in [0.3, 0.4) is 0 Å². The Hall–Kier alpha value is 0.220. The summed E-state index contributed by atoms with van der Waals surface area (Å²) < 4.78 is 2.14. The van der Waals surface area contributed by atoms with Crippen LogP contribution in [0.25, 0.3) is 0 Å². The normalized spacial score (nSPS) is 6.88.